The van der Waals surface area contributed by atoms with Crippen molar-refractivity contribution in [3.63, 3.8) is 0 Å². The predicted octanol–water partition coefficient (Wildman–Crippen LogP) is 4.94. The van der Waals surface area contributed by atoms with Crippen molar-refractivity contribution in [3.05, 3.63) is 84.4 Å². The maximum atomic E-state index is 13.7. The Morgan fingerprint density at radius 2 is 1.60 bits per heavy atom. The van der Waals surface area contributed by atoms with E-state index in [9.17, 15) is 9.59 Å². The van der Waals surface area contributed by atoms with Gasteiger partial charge in [-0.2, -0.15) is 0 Å². The number of para-hydroxylation sites is 1. The zero-order chi connectivity index (χ0) is 29.5. The van der Waals surface area contributed by atoms with Gasteiger partial charge < -0.3 is 19.9 Å². The van der Waals surface area contributed by atoms with Gasteiger partial charge in [-0.05, 0) is 87.6 Å². The lowest BCUT2D eigenvalue weighted by Gasteiger charge is -2.36. The van der Waals surface area contributed by atoms with Crippen LogP contribution in [0.1, 0.15) is 25.3 Å². The van der Waals surface area contributed by atoms with Gasteiger partial charge in [0, 0.05) is 44.1 Å². The van der Waals surface area contributed by atoms with Crippen molar-refractivity contribution in [2.24, 2.45) is 0 Å². The molecule has 9 heteroatoms. The van der Waals surface area contributed by atoms with Crippen molar-refractivity contribution in [1.29, 1.82) is 0 Å². The van der Waals surface area contributed by atoms with Gasteiger partial charge in [-0.3, -0.25) is 19.4 Å². The molecule has 2 aliphatic heterocycles. The number of aryl methyl sites for hydroxylation is 1. The van der Waals surface area contributed by atoms with Gasteiger partial charge in [0.2, 0.25) is 5.91 Å². The van der Waals surface area contributed by atoms with Gasteiger partial charge in [0.15, 0.2) is 5.11 Å². The lowest BCUT2D eigenvalue weighted by molar-refractivity contribution is -0.124. The molecule has 2 fully saturated rings. The molecule has 3 aromatic carbocycles. The van der Waals surface area contributed by atoms with Crippen molar-refractivity contribution in [2.45, 2.75) is 32.7 Å². The molecular formula is C33H39N5O3S. The first kappa shape index (κ1) is 29.5. The summed E-state index contributed by atoms with van der Waals surface area (Å²) in [6, 6.07) is 24.9. The monoisotopic (exact) mass is 585 g/mol. The second-order valence-corrected chi connectivity index (χ2v) is 11.1. The molecule has 0 bridgehead atoms. The van der Waals surface area contributed by atoms with Gasteiger partial charge in [0.05, 0.1) is 18.7 Å². The smallest absolute Gasteiger partial charge is 0.256 e. The Morgan fingerprint density at radius 1 is 0.905 bits per heavy atom. The number of rotatable bonds is 11. The van der Waals surface area contributed by atoms with Gasteiger partial charge in [-0.1, -0.05) is 35.9 Å². The van der Waals surface area contributed by atoms with Crippen LogP contribution in [-0.4, -0.2) is 78.6 Å². The minimum Gasteiger partial charge on any atom is -0.494 e. The first-order valence-electron chi connectivity index (χ1n) is 14.7. The van der Waals surface area contributed by atoms with Crippen molar-refractivity contribution in [3.8, 4) is 5.75 Å². The number of amides is 2. The summed E-state index contributed by atoms with van der Waals surface area (Å²) in [5.74, 6) is 0.350. The van der Waals surface area contributed by atoms with E-state index in [2.05, 4.69) is 39.4 Å². The van der Waals surface area contributed by atoms with Gasteiger partial charge in [0.1, 0.15) is 11.8 Å². The molecule has 1 atom stereocenters. The summed E-state index contributed by atoms with van der Waals surface area (Å²) < 4.78 is 5.49. The van der Waals surface area contributed by atoms with Crippen LogP contribution in [0.2, 0.25) is 0 Å². The number of ether oxygens (including phenoxy) is 1. The van der Waals surface area contributed by atoms with Gasteiger partial charge >= 0.3 is 0 Å². The van der Waals surface area contributed by atoms with Crippen molar-refractivity contribution >= 4 is 46.2 Å². The Bertz CT molecular complexity index is 1360. The van der Waals surface area contributed by atoms with E-state index >= 15 is 0 Å². The highest BCUT2D eigenvalue weighted by Crippen LogP contribution is 2.28. The third kappa shape index (κ3) is 7.09. The van der Waals surface area contributed by atoms with Crippen LogP contribution in [-0.2, 0) is 9.59 Å². The van der Waals surface area contributed by atoms with Crippen molar-refractivity contribution in [1.82, 2.24) is 9.80 Å². The molecule has 1 N–H and O–H groups in total. The second-order valence-electron chi connectivity index (χ2n) is 10.7. The summed E-state index contributed by atoms with van der Waals surface area (Å²) in [7, 11) is 0. The SMILES string of the molecule is CCOc1ccc(NC(=O)C[C@@H]2C(=O)N(c3ccc(C)cc3)C(=S)N2CCCN2CCN(c3ccccc3)CC2)cc1. The maximum absolute atomic E-state index is 13.7. The molecule has 220 valence electrons. The van der Waals surface area contributed by atoms with Crippen molar-refractivity contribution < 1.29 is 14.3 Å². The molecule has 0 aliphatic carbocycles. The molecule has 0 unspecified atom stereocenters. The van der Waals surface area contributed by atoms with E-state index in [1.807, 2.05) is 61.2 Å². The molecule has 0 radical (unpaired) electrons. The Labute approximate surface area is 253 Å². The fraction of sp³-hybridized carbons (Fsp3) is 0.364. The molecular weight excluding hydrogens is 546 g/mol. The van der Waals surface area contributed by atoms with E-state index in [1.165, 1.54) is 5.69 Å². The highest BCUT2D eigenvalue weighted by molar-refractivity contribution is 7.80. The highest BCUT2D eigenvalue weighted by Gasteiger charge is 2.43. The largest absolute Gasteiger partial charge is 0.494 e. The Morgan fingerprint density at radius 3 is 2.26 bits per heavy atom. The molecule has 2 amide bonds. The van der Waals surface area contributed by atoms with Gasteiger partial charge in [0.25, 0.3) is 5.91 Å². The summed E-state index contributed by atoms with van der Waals surface area (Å²) in [4.78, 5) is 35.3. The van der Waals surface area contributed by atoms with E-state index in [0.717, 1.165) is 56.1 Å². The predicted molar refractivity (Wildman–Crippen MR) is 172 cm³/mol. The van der Waals surface area contributed by atoms with Crippen LogP contribution in [0.25, 0.3) is 0 Å². The number of thiocarbonyl (C=S) groups is 1. The van der Waals surface area contributed by atoms with Crippen LogP contribution in [0.4, 0.5) is 17.1 Å². The third-order valence-electron chi connectivity index (χ3n) is 7.81. The topological polar surface area (TPSA) is 68.4 Å². The minimum absolute atomic E-state index is 0.0182. The molecule has 42 heavy (non-hydrogen) atoms. The number of nitrogens with one attached hydrogen (secondary N) is 1. The van der Waals surface area contributed by atoms with Crippen LogP contribution >= 0.6 is 12.2 Å². The number of carbonyl (C=O) groups excluding carboxylic acids is 2. The number of hydrogen-bond donors (Lipinski definition) is 1. The lowest BCUT2D eigenvalue weighted by Crippen LogP contribution is -2.47. The summed E-state index contributed by atoms with van der Waals surface area (Å²) in [6.07, 6.45) is 0.863. The summed E-state index contributed by atoms with van der Waals surface area (Å²) >= 11 is 5.86. The van der Waals surface area contributed by atoms with E-state index < -0.39 is 6.04 Å². The van der Waals surface area contributed by atoms with Crippen LogP contribution in [0.3, 0.4) is 0 Å². The first-order valence-corrected chi connectivity index (χ1v) is 15.1. The molecule has 0 aromatic heterocycles. The third-order valence-corrected chi connectivity index (χ3v) is 8.22. The van der Waals surface area contributed by atoms with Crippen LogP contribution in [0, 0.1) is 6.92 Å². The van der Waals surface area contributed by atoms with Gasteiger partial charge in [-0.25, -0.2) is 0 Å². The Kier molecular flexibility index (Phi) is 9.71. The molecule has 0 spiro atoms. The maximum Gasteiger partial charge on any atom is 0.256 e. The standard InChI is InChI=1S/C33H39N5O3S/c1-3-41-29-16-12-26(13-17-29)34-31(39)24-30-32(40)38(28-14-10-25(2)11-15-28)33(42)37(30)19-7-18-35-20-22-36(23-21-35)27-8-5-4-6-9-27/h4-6,8-17,30H,3,7,18-24H2,1-2H3,(H,34,39)/t30-/m1/s1. The Hall–Kier alpha value is -3.95. The summed E-state index contributed by atoms with van der Waals surface area (Å²) in [5, 5.41) is 3.39. The molecule has 0 saturated carbocycles. The molecule has 8 nitrogen and oxygen atoms in total. The van der Waals surface area contributed by atoms with Crippen LogP contribution in [0.15, 0.2) is 78.9 Å². The van der Waals surface area contributed by atoms with Gasteiger partial charge in [-0.15, -0.1) is 0 Å². The second kappa shape index (κ2) is 13.8. The van der Waals surface area contributed by atoms with Crippen molar-refractivity contribution in [2.75, 3.05) is 61.0 Å². The highest BCUT2D eigenvalue weighted by atomic mass is 32.1. The number of anilines is 3. The van der Waals surface area contributed by atoms with E-state index in [0.29, 0.717) is 24.0 Å². The normalized spacial score (nSPS) is 17.6. The number of nitrogens with zero attached hydrogens (tertiary/aromatic N) is 4. The van der Waals surface area contributed by atoms with E-state index in [-0.39, 0.29) is 18.2 Å². The molecule has 2 heterocycles. The fourth-order valence-corrected chi connectivity index (χ4v) is 5.95. The minimum atomic E-state index is -0.656. The molecule has 2 saturated heterocycles. The summed E-state index contributed by atoms with van der Waals surface area (Å²) in [5.41, 5.74) is 3.76. The Balaban J connectivity index is 1.22. The number of piperazine rings is 1. The quantitative estimate of drug-likeness (QED) is 0.320. The van der Waals surface area contributed by atoms with Crippen LogP contribution < -0.4 is 19.9 Å². The zero-order valence-electron chi connectivity index (χ0n) is 24.4. The zero-order valence-corrected chi connectivity index (χ0v) is 25.2. The number of carbonyl (C=O) groups is 2. The molecule has 5 rings (SSSR count). The number of benzene rings is 3. The average molecular weight is 586 g/mol. The first-order chi connectivity index (χ1) is 20.4. The van der Waals surface area contributed by atoms with Crippen LogP contribution in [0.5, 0.6) is 5.75 Å². The van der Waals surface area contributed by atoms with E-state index in [1.54, 1.807) is 17.0 Å². The number of hydrogen-bond acceptors (Lipinski definition) is 6. The fourth-order valence-electron chi connectivity index (χ4n) is 5.54. The lowest BCUT2D eigenvalue weighted by atomic mass is 10.1. The van der Waals surface area contributed by atoms with E-state index in [4.69, 9.17) is 17.0 Å². The summed E-state index contributed by atoms with van der Waals surface area (Å²) in [6.45, 7) is 9.97. The molecule has 3 aromatic rings. The average Bonchev–Trinajstić information content (AvgIpc) is 3.23. The molecule has 2 aliphatic rings.